The van der Waals surface area contributed by atoms with Crippen LogP contribution in [0, 0.1) is 12.7 Å². The summed E-state index contributed by atoms with van der Waals surface area (Å²) in [5, 5.41) is 6.27. The molecule has 5 heteroatoms. The van der Waals surface area contributed by atoms with Crippen LogP contribution in [0.3, 0.4) is 0 Å². The summed E-state index contributed by atoms with van der Waals surface area (Å²) in [5.41, 5.74) is 2.49. The number of carbonyl (C=O) groups is 1. The lowest BCUT2D eigenvalue weighted by Crippen LogP contribution is -2.51. The highest BCUT2D eigenvalue weighted by molar-refractivity contribution is 9.10. The third kappa shape index (κ3) is 4.28. The number of hydrogen-bond donors (Lipinski definition) is 2. The molecule has 1 aliphatic carbocycles. The number of nitrogens with one attached hydrogen (secondary N) is 2. The van der Waals surface area contributed by atoms with Gasteiger partial charge in [0.15, 0.2) is 0 Å². The van der Waals surface area contributed by atoms with E-state index in [0.29, 0.717) is 12.1 Å². The van der Waals surface area contributed by atoms with Crippen LogP contribution < -0.4 is 10.6 Å². The van der Waals surface area contributed by atoms with Crippen molar-refractivity contribution in [1.29, 1.82) is 0 Å². The molecule has 2 N–H and O–H groups in total. The van der Waals surface area contributed by atoms with E-state index >= 15 is 0 Å². The van der Waals surface area contributed by atoms with Crippen LogP contribution in [-0.4, -0.2) is 12.5 Å². The zero-order valence-electron chi connectivity index (χ0n) is 14.2. The lowest BCUT2D eigenvalue weighted by Gasteiger charge is -2.43. The summed E-state index contributed by atoms with van der Waals surface area (Å²) in [4.78, 5) is 12.2. The van der Waals surface area contributed by atoms with E-state index in [1.807, 2.05) is 18.2 Å². The monoisotopic (exact) mass is 404 g/mol. The number of amides is 1. The fourth-order valence-corrected chi connectivity index (χ4v) is 3.39. The second kappa shape index (κ2) is 7.67. The number of rotatable bonds is 6. The maximum absolute atomic E-state index is 13.5. The molecule has 0 saturated heterocycles. The summed E-state index contributed by atoms with van der Waals surface area (Å²) in [6.07, 6.45) is 3.23. The third-order valence-electron chi connectivity index (χ3n) is 4.92. The van der Waals surface area contributed by atoms with Crippen LogP contribution in [0.1, 0.15) is 36.0 Å². The molecular formula is C20H22BrFN2O. The van der Waals surface area contributed by atoms with Crippen LogP contribution in [0.4, 0.5) is 4.39 Å². The predicted octanol–water partition coefficient (Wildman–Crippen LogP) is 4.18. The summed E-state index contributed by atoms with van der Waals surface area (Å²) in [7, 11) is 0. The molecule has 1 saturated carbocycles. The van der Waals surface area contributed by atoms with Crippen molar-refractivity contribution in [3.8, 4) is 0 Å². The van der Waals surface area contributed by atoms with E-state index in [9.17, 15) is 9.18 Å². The quantitative estimate of drug-likeness (QED) is 0.757. The van der Waals surface area contributed by atoms with Gasteiger partial charge in [0.2, 0.25) is 5.91 Å². The minimum atomic E-state index is -0.242. The van der Waals surface area contributed by atoms with Crippen molar-refractivity contribution in [1.82, 2.24) is 10.6 Å². The Bertz CT molecular complexity index is 757. The Labute approximate surface area is 156 Å². The Hall–Kier alpha value is -1.72. The molecule has 2 aromatic rings. The molecule has 0 aliphatic heterocycles. The van der Waals surface area contributed by atoms with Crippen molar-refractivity contribution in [2.45, 2.75) is 38.3 Å². The number of hydrogen-bond acceptors (Lipinski definition) is 2. The summed E-state index contributed by atoms with van der Waals surface area (Å²) < 4.78 is 14.6. The molecule has 0 spiro atoms. The zero-order chi connectivity index (χ0) is 17.9. The van der Waals surface area contributed by atoms with Crippen LogP contribution >= 0.6 is 15.9 Å². The Morgan fingerprint density at radius 2 is 1.92 bits per heavy atom. The molecule has 0 heterocycles. The van der Waals surface area contributed by atoms with Gasteiger partial charge in [0, 0.05) is 16.6 Å². The van der Waals surface area contributed by atoms with Crippen LogP contribution in [-0.2, 0) is 16.9 Å². The maximum atomic E-state index is 13.5. The van der Waals surface area contributed by atoms with Gasteiger partial charge in [0.1, 0.15) is 5.82 Å². The SMILES string of the molecule is Cc1ccc(CNC(=O)CNC2(c3ccc(Br)cc3)CCC2)cc1F. The Morgan fingerprint density at radius 3 is 2.52 bits per heavy atom. The fourth-order valence-electron chi connectivity index (χ4n) is 3.13. The molecule has 132 valence electrons. The van der Waals surface area contributed by atoms with Crippen molar-refractivity contribution < 1.29 is 9.18 Å². The van der Waals surface area contributed by atoms with Gasteiger partial charge in [-0.05, 0) is 61.1 Å². The van der Waals surface area contributed by atoms with E-state index in [1.165, 1.54) is 11.6 Å². The molecule has 0 bridgehead atoms. The zero-order valence-corrected chi connectivity index (χ0v) is 15.8. The van der Waals surface area contributed by atoms with Crippen LogP contribution in [0.15, 0.2) is 46.9 Å². The highest BCUT2D eigenvalue weighted by atomic mass is 79.9. The molecule has 1 amide bonds. The van der Waals surface area contributed by atoms with Crippen molar-refractivity contribution in [2.24, 2.45) is 0 Å². The molecule has 0 atom stereocenters. The summed E-state index contributed by atoms with van der Waals surface area (Å²) in [6.45, 7) is 2.31. The molecular weight excluding hydrogens is 383 g/mol. The van der Waals surface area contributed by atoms with Gasteiger partial charge < -0.3 is 5.32 Å². The predicted molar refractivity (Wildman–Crippen MR) is 101 cm³/mol. The van der Waals surface area contributed by atoms with Gasteiger partial charge in [-0.25, -0.2) is 4.39 Å². The molecule has 25 heavy (non-hydrogen) atoms. The molecule has 3 nitrogen and oxygen atoms in total. The maximum Gasteiger partial charge on any atom is 0.234 e. The number of carbonyl (C=O) groups excluding carboxylic acids is 1. The van der Waals surface area contributed by atoms with E-state index in [-0.39, 0.29) is 23.8 Å². The highest BCUT2D eigenvalue weighted by Crippen LogP contribution is 2.41. The Morgan fingerprint density at radius 1 is 1.20 bits per heavy atom. The first-order valence-corrected chi connectivity index (χ1v) is 9.31. The molecule has 0 radical (unpaired) electrons. The van der Waals surface area contributed by atoms with E-state index in [4.69, 9.17) is 0 Å². The second-order valence-electron chi connectivity index (χ2n) is 6.66. The molecule has 0 unspecified atom stereocenters. The standard InChI is InChI=1S/C20H22BrFN2O/c1-14-3-4-15(11-18(14)22)12-23-19(25)13-24-20(9-2-10-20)16-5-7-17(21)8-6-16/h3-8,11,24H,2,9-10,12-13H2,1H3,(H,23,25). The minimum Gasteiger partial charge on any atom is -0.351 e. The smallest absolute Gasteiger partial charge is 0.234 e. The average Bonchev–Trinajstić information content (AvgIpc) is 2.56. The summed E-state index contributed by atoms with van der Waals surface area (Å²) in [6, 6.07) is 13.3. The number of halogens is 2. The van der Waals surface area contributed by atoms with Crippen LogP contribution in [0.2, 0.25) is 0 Å². The van der Waals surface area contributed by atoms with Gasteiger partial charge in [-0.3, -0.25) is 10.1 Å². The van der Waals surface area contributed by atoms with Gasteiger partial charge in [-0.2, -0.15) is 0 Å². The van der Waals surface area contributed by atoms with Gasteiger partial charge in [0.05, 0.1) is 6.54 Å². The summed E-state index contributed by atoms with van der Waals surface area (Å²) >= 11 is 3.46. The first kappa shape index (κ1) is 18.1. The topological polar surface area (TPSA) is 41.1 Å². The van der Waals surface area contributed by atoms with E-state index in [0.717, 1.165) is 29.3 Å². The van der Waals surface area contributed by atoms with E-state index < -0.39 is 0 Å². The summed E-state index contributed by atoms with van der Waals surface area (Å²) in [5.74, 6) is -0.321. The van der Waals surface area contributed by atoms with Gasteiger partial charge in [-0.15, -0.1) is 0 Å². The van der Waals surface area contributed by atoms with Crippen LogP contribution in [0.25, 0.3) is 0 Å². The normalized spacial score (nSPS) is 15.5. The average molecular weight is 405 g/mol. The minimum absolute atomic E-state index is 0.0793. The largest absolute Gasteiger partial charge is 0.351 e. The van der Waals surface area contributed by atoms with Crippen molar-refractivity contribution in [2.75, 3.05) is 6.54 Å². The lowest BCUT2D eigenvalue weighted by molar-refractivity contribution is -0.121. The molecule has 0 aromatic heterocycles. The molecule has 1 fully saturated rings. The fraction of sp³-hybridized carbons (Fsp3) is 0.350. The van der Waals surface area contributed by atoms with Gasteiger partial charge in [0.25, 0.3) is 0 Å². The first-order chi connectivity index (χ1) is 12.0. The van der Waals surface area contributed by atoms with E-state index in [2.05, 4.69) is 38.7 Å². The van der Waals surface area contributed by atoms with E-state index in [1.54, 1.807) is 13.0 Å². The van der Waals surface area contributed by atoms with Gasteiger partial charge >= 0.3 is 0 Å². The van der Waals surface area contributed by atoms with Gasteiger partial charge in [-0.1, -0.05) is 40.2 Å². The second-order valence-corrected chi connectivity index (χ2v) is 7.57. The first-order valence-electron chi connectivity index (χ1n) is 8.51. The third-order valence-corrected chi connectivity index (χ3v) is 5.45. The molecule has 2 aromatic carbocycles. The highest BCUT2D eigenvalue weighted by Gasteiger charge is 2.38. The van der Waals surface area contributed by atoms with Crippen molar-refractivity contribution in [3.05, 3.63) is 69.4 Å². The molecule has 3 rings (SSSR count). The van der Waals surface area contributed by atoms with Crippen LogP contribution in [0.5, 0.6) is 0 Å². The molecule has 1 aliphatic rings. The Balaban J connectivity index is 1.54. The number of aryl methyl sites for hydroxylation is 1. The Kier molecular flexibility index (Phi) is 5.54. The number of benzene rings is 2. The van der Waals surface area contributed by atoms with Crippen molar-refractivity contribution >= 4 is 21.8 Å². The lowest BCUT2D eigenvalue weighted by atomic mass is 9.72. The van der Waals surface area contributed by atoms with Crippen molar-refractivity contribution in [3.63, 3.8) is 0 Å².